The molecule has 0 spiro atoms. The molecule has 28 heavy (non-hydrogen) atoms. The van der Waals surface area contributed by atoms with Crippen LogP contribution in [0.5, 0.6) is 0 Å². The van der Waals surface area contributed by atoms with Gasteiger partial charge in [0.1, 0.15) is 0 Å². The van der Waals surface area contributed by atoms with Crippen molar-refractivity contribution in [2.75, 3.05) is 50.7 Å². The van der Waals surface area contributed by atoms with Gasteiger partial charge in [-0.15, -0.1) is 0 Å². The molecule has 1 aromatic carbocycles. The maximum atomic E-state index is 12.8. The van der Waals surface area contributed by atoms with Gasteiger partial charge in [0.25, 0.3) is 5.91 Å². The number of rotatable bonds is 5. The molecular formula is C22H27ClN4O. The first-order chi connectivity index (χ1) is 13.6. The Labute approximate surface area is 171 Å². The Morgan fingerprint density at radius 1 is 1.00 bits per heavy atom. The van der Waals surface area contributed by atoms with Crippen molar-refractivity contribution in [1.29, 1.82) is 0 Å². The van der Waals surface area contributed by atoms with Crippen LogP contribution in [-0.4, -0.2) is 66.1 Å². The molecule has 0 unspecified atom stereocenters. The number of hydrogen-bond acceptors (Lipinski definition) is 3. The largest absolute Gasteiger partial charge is 0.369 e. The number of aryl methyl sites for hydroxylation is 1. The lowest BCUT2D eigenvalue weighted by Gasteiger charge is -2.36. The molecule has 2 aliphatic heterocycles. The highest BCUT2D eigenvalue weighted by molar-refractivity contribution is 6.30. The second-order valence-corrected chi connectivity index (χ2v) is 8.04. The van der Waals surface area contributed by atoms with Crippen molar-refractivity contribution < 1.29 is 4.79 Å². The number of hydrogen-bond donors (Lipinski definition) is 0. The third-order valence-electron chi connectivity index (χ3n) is 5.59. The van der Waals surface area contributed by atoms with Gasteiger partial charge in [-0.1, -0.05) is 23.8 Å². The van der Waals surface area contributed by atoms with Gasteiger partial charge < -0.3 is 14.4 Å². The van der Waals surface area contributed by atoms with Gasteiger partial charge in [0.05, 0.1) is 5.56 Å². The molecule has 0 atom stereocenters. The molecule has 1 fully saturated rings. The zero-order valence-electron chi connectivity index (χ0n) is 16.4. The Balaban J connectivity index is 1.24. The number of halogens is 1. The zero-order chi connectivity index (χ0) is 19.5. The SMILES string of the molecule is Cn1cc2c(c1)C(=O)N(CCCN1CCN(c3ccc(Cl)cc3)CC1)CC=C2. The molecular weight excluding hydrogens is 372 g/mol. The van der Waals surface area contributed by atoms with E-state index >= 15 is 0 Å². The van der Waals surface area contributed by atoms with Gasteiger partial charge in [0.15, 0.2) is 0 Å². The molecule has 1 saturated heterocycles. The highest BCUT2D eigenvalue weighted by Crippen LogP contribution is 2.20. The van der Waals surface area contributed by atoms with Crippen LogP contribution in [0.4, 0.5) is 5.69 Å². The van der Waals surface area contributed by atoms with Crippen LogP contribution in [0.25, 0.3) is 6.08 Å². The van der Waals surface area contributed by atoms with Crippen molar-refractivity contribution in [2.24, 2.45) is 7.05 Å². The molecule has 148 valence electrons. The molecule has 4 rings (SSSR count). The van der Waals surface area contributed by atoms with Crippen LogP contribution in [-0.2, 0) is 7.05 Å². The molecule has 0 bridgehead atoms. The van der Waals surface area contributed by atoms with Crippen LogP contribution in [0.15, 0.2) is 42.7 Å². The average Bonchev–Trinajstić information content (AvgIpc) is 3.01. The van der Waals surface area contributed by atoms with Gasteiger partial charge in [0.2, 0.25) is 0 Å². The maximum absolute atomic E-state index is 12.8. The minimum atomic E-state index is 0.146. The topological polar surface area (TPSA) is 31.7 Å². The van der Waals surface area contributed by atoms with E-state index in [1.54, 1.807) is 0 Å². The van der Waals surface area contributed by atoms with E-state index in [9.17, 15) is 4.79 Å². The molecule has 0 N–H and O–H groups in total. The summed E-state index contributed by atoms with van der Waals surface area (Å²) in [7, 11) is 1.96. The summed E-state index contributed by atoms with van der Waals surface area (Å²) >= 11 is 5.98. The lowest BCUT2D eigenvalue weighted by molar-refractivity contribution is 0.0767. The van der Waals surface area contributed by atoms with E-state index in [-0.39, 0.29) is 5.91 Å². The molecule has 3 heterocycles. The van der Waals surface area contributed by atoms with Gasteiger partial charge in [-0.25, -0.2) is 0 Å². The van der Waals surface area contributed by atoms with Crippen LogP contribution in [0.1, 0.15) is 22.3 Å². The number of carbonyl (C=O) groups is 1. The minimum absolute atomic E-state index is 0.146. The molecule has 1 aromatic heterocycles. The third kappa shape index (κ3) is 4.26. The molecule has 2 aliphatic rings. The fraction of sp³-hybridized carbons (Fsp3) is 0.409. The quantitative estimate of drug-likeness (QED) is 0.774. The number of anilines is 1. The Bertz CT molecular complexity index is 850. The standard InChI is InChI=1S/C22H27ClN4O/c1-24-16-18-4-2-10-27(22(28)21(18)17-24)11-3-9-25-12-14-26(15-13-25)20-7-5-19(23)6-8-20/h2,4-8,16-17H,3,9-15H2,1H3. The molecule has 0 radical (unpaired) electrons. The number of fused-ring (bicyclic) bond motifs is 1. The van der Waals surface area contributed by atoms with Crippen LogP contribution in [0.2, 0.25) is 5.02 Å². The number of carbonyl (C=O) groups excluding carboxylic acids is 1. The van der Waals surface area contributed by atoms with Crippen molar-refractivity contribution >= 4 is 29.3 Å². The van der Waals surface area contributed by atoms with E-state index in [2.05, 4.69) is 34.1 Å². The monoisotopic (exact) mass is 398 g/mol. The lowest BCUT2D eigenvalue weighted by atomic mass is 10.2. The molecule has 2 aromatic rings. The highest BCUT2D eigenvalue weighted by Gasteiger charge is 2.22. The van der Waals surface area contributed by atoms with Crippen LogP contribution < -0.4 is 4.90 Å². The summed E-state index contributed by atoms with van der Waals surface area (Å²) in [5.74, 6) is 0.146. The van der Waals surface area contributed by atoms with Crippen molar-refractivity contribution in [3.63, 3.8) is 0 Å². The number of amides is 1. The molecule has 1 amide bonds. The summed E-state index contributed by atoms with van der Waals surface area (Å²) in [6, 6.07) is 8.09. The molecule has 6 heteroatoms. The summed E-state index contributed by atoms with van der Waals surface area (Å²) in [5, 5.41) is 0.780. The van der Waals surface area contributed by atoms with Crippen molar-refractivity contribution in [3.8, 4) is 0 Å². The summed E-state index contributed by atoms with van der Waals surface area (Å²) < 4.78 is 1.95. The first-order valence-electron chi connectivity index (χ1n) is 9.95. The van der Waals surface area contributed by atoms with Crippen LogP contribution in [0, 0.1) is 0 Å². The van der Waals surface area contributed by atoms with E-state index < -0.39 is 0 Å². The number of piperazine rings is 1. The molecule has 0 saturated carbocycles. The smallest absolute Gasteiger partial charge is 0.256 e. The Hall–Kier alpha value is -2.24. The average molecular weight is 399 g/mol. The first kappa shape index (κ1) is 19.1. The summed E-state index contributed by atoms with van der Waals surface area (Å²) in [4.78, 5) is 19.7. The van der Waals surface area contributed by atoms with Crippen LogP contribution in [0.3, 0.4) is 0 Å². The van der Waals surface area contributed by atoms with E-state index in [4.69, 9.17) is 11.6 Å². The first-order valence-corrected chi connectivity index (χ1v) is 10.3. The summed E-state index contributed by atoms with van der Waals surface area (Å²) in [5.41, 5.74) is 3.07. The van der Waals surface area contributed by atoms with Crippen molar-refractivity contribution in [3.05, 3.63) is 58.9 Å². The van der Waals surface area contributed by atoms with E-state index in [1.807, 2.05) is 41.0 Å². The lowest BCUT2D eigenvalue weighted by Crippen LogP contribution is -2.47. The normalized spacial score (nSPS) is 17.7. The number of aromatic nitrogens is 1. The third-order valence-corrected chi connectivity index (χ3v) is 5.85. The fourth-order valence-corrected chi connectivity index (χ4v) is 4.16. The fourth-order valence-electron chi connectivity index (χ4n) is 4.04. The van der Waals surface area contributed by atoms with Crippen molar-refractivity contribution in [1.82, 2.24) is 14.4 Å². The second-order valence-electron chi connectivity index (χ2n) is 7.60. The predicted molar refractivity (Wildman–Crippen MR) is 115 cm³/mol. The Morgan fingerprint density at radius 3 is 2.50 bits per heavy atom. The maximum Gasteiger partial charge on any atom is 0.256 e. The predicted octanol–water partition coefficient (Wildman–Crippen LogP) is 3.36. The van der Waals surface area contributed by atoms with Crippen molar-refractivity contribution in [2.45, 2.75) is 6.42 Å². The Morgan fingerprint density at radius 2 is 1.75 bits per heavy atom. The second kappa shape index (κ2) is 8.41. The van der Waals surface area contributed by atoms with Crippen LogP contribution >= 0.6 is 11.6 Å². The van der Waals surface area contributed by atoms with E-state index in [0.717, 1.165) is 61.8 Å². The van der Waals surface area contributed by atoms with Gasteiger partial charge in [-0.3, -0.25) is 9.69 Å². The number of nitrogens with zero attached hydrogens (tertiary/aromatic N) is 4. The zero-order valence-corrected chi connectivity index (χ0v) is 17.1. The van der Waals surface area contributed by atoms with Gasteiger partial charge in [-0.2, -0.15) is 0 Å². The van der Waals surface area contributed by atoms with Gasteiger partial charge >= 0.3 is 0 Å². The van der Waals surface area contributed by atoms with Gasteiger partial charge in [-0.05, 0) is 37.2 Å². The summed E-state index contributed by atoms with van der Waals surface area (Å²) in [6.07, 6.45) is 9.09. The molecule has 5 nitrogen and oxygen atoms in total. The Kier molecular flexibility index (Phi) is 5.74. The highest BCUT2D eigenvalue weighted by atomic mass is 35.5. The summed E-state index contributed by atoms with van der Waals surface area (Å²) in [6.45, 7) is 6.69. The molecule has 0 aliphatic carbocycles. The van der Waals surface area contributed by atoms with E-state index in [1.165, 1.54) is 5.69 Å². The van der Waals surface area contributed by atoms with E-state index in [0.29, 0.717) is 6.54 Å². The number of benzene rings is 1. The van der Waals surface area contributed by atoms with Gasteiger partial charge in [0, 0.05) is 75.0 Å². The minimum Gasteiger partial charge on any atom is -0.369 e.